The zero-order chi connectivity index (χ0) is 13.9. The van der Waals surface area contributed by atoms with Crippen molar-refractivity contribution in [2.75, 3.05) is 25.0 Å². The van der Waals surface area contributed by atoms with Gasteiger partial charge in [0, 0.05) is 36.4 Å². The molecule has 2 fully saturated rings. The molecule has 2 atom stereocenters. The van der Waals surface area contributed by atoms with E-state index in [0.717, 1.165) is 11.3 Å². The lowest BCUT2D eigenvalue weighted by molar-refractivity contribution is 0.0956. The molecule has 2 aliphatic rings. The monoisotopic (exact) mass is 273 g/mol. The Labute approximate surface area is 120 Å². The van der Waals surface area contributed by atoms with Crippen molar-refractivity contribution in [1.82, 2.24) is 10.2 Å². The van der Waals surface area contributed by atoms with Crippen molar-refractivity contribution in [3.63, 3.8) is 0 Å². The molecule has 20 heavy (non-hydrogen) atoms. The van der Waals surface area contributed by atoms with Gasteiger partial charge in [0.05, 0.1) is 0 Å². The van der Waals surface area contributed by atoms with E-state index in [4.69, 9.17) is 0 Å². The first kappa shape index (κ1) is 13.4. The Morgan fingerprint density at radius 3 is 3.10 bits per heavy atom. The Morgan fingerprint density at radius 1 is 1.35 bits per heavy atom. The first-order valence-corrected chi connectivity index (χ1v) is 7.67. The van der Waals surface area contributed by atoms with Gasteiger partial charge in [-0.3, -0.25) is 9.69 Å². The number of anilines is 1. The quantitative estimate of drug-likeness (QED) is 0.883. The molecule has 3 rings (SSSR count). The number of benzene rings is 1. The lowest BCUT2D eigenvalue weighted by Gasteiger charge is -2.22. The summed E-state index contributed by atoms with van der Waals surface area (Å²) in [6.45, 7) is 5.06. The zero-order valence-electron chi connectivity index (χ0n) is 12.1. The van der Waals surface area contributed by atoms with Gasteiger partial charge in [-0.15, -0.1) is 0 Å². The second kappa shape index (κ2) is 5.83. The van der Waals surface area contributed by atoms with E-state index in [-0.39, 0.29) is 5.91 Å². The summed E-state index contributed by atoms with van der Waals surface area (Å²) in [5, 5.41) is 6.47. The third-order valence-electron chi connectivity index (χ3n) is 4.42. The van der Waals surface area contributed by atoms with Crippen molar-refractivity contribution >= 4 is 11.6 Å². The molecule has 0 spiro atoms. The summed E-state index contributed by atoms with van der Waals surface area (Å²) in [6, 6.07) is 9.05. The highest BCUT2D eigenvalue weighted by atomic mass is 16.1. The van der Waals surface area contributed by atoms with Gasteiger partial charge in [-0.2, -0.15) is 0 Å². The van der Waals surface area contributed by atoms with Crippen molar-refractivity contribution in [2.45, 2.75) is 38.3 Å². The fourth-order valence-corrected chi connectivity index (χ4v) is 3.48. The molecule has 0 radical (unpaired) electrons. The molecule has 2 saturated heterocycles. The molecular weight excluding hydrogens is 250 g/mol. The minimum Gasteiger partial charge on any atom is -0.381 e. The van der Waals surface area contributed by atoms with Gasteiger partial charge >= 0.3 is 0 Å². The number of nitrogens with zero attached hydrogens (tertiary/aromatic N) is 1. The molecule has 0 bridgehead atoms. The van der Waals surface area contributed by atoms with Crippen molar-refractivity contribution < 1.29 is 4.79 Å². The van der Waals surface area contributed by atoms with Crippen LogP contribution in [0, 0.1) is 0 Å². The van der Waals surface area contributed by atoms with Gasteiger partial charge in [-0.1, -0.05) is 6.07 Å². The number of amides is 1. The average Bonchev–Trinajstić information content (AvgIpc) is 3.05. The average molecular weight is 273 g/mol. The highest BCUT2D eigenvalue weighted by Crippen LogP contribution is 2.30. The Bertz CT molecular complexity index is 488. The van der Waals surface area contributed by atoms with Gasteiger partial charge < -0.3 is 10.6 Å². The van der Waals surface area contributed by atoms with Crippen LogP contribution in [-0.4, -0.2) is 42.5 Å². The Kier molecular flexibility index (Phi) is 3.92. The number of fused-ring (bicyclic) bond motifs is 1. The van der Waals surface area contributed by atoms with Crippen LogP contribution < -0.4 is 10.6 Å². The Balaban J connectivity index is 1.68. The molecule has 1 amide bonds. The largest absolute Gasteiger partial charge is 0.381 e. The van der Waals surface area contributed by atoms with E-state index < -0.39 is 0 Å². The maximum Gasteiger partial charge on any atom is 0.251 e. The predicted octanol–water partition coefficient (Wildman–Crippen LogP) is 2.08. The molecule has 1 aromatic rings. The molecule has 0 aromatic heterocycles. The molecule has 2 N–H and O–H groups in total. The van der Waals surface area contributed by atoms with Crippen LogP contribution in [-0.2, 0) is 0 Å². The standard InChI is InChI=1S/C16H23N3O/c1-2-17-16(20)12-5-3-6-13(11-12)18-14-8-10-19-9-4-7-15(14)19/h3,5-6,11,14-15,18H,2,4,7-10H2,1H3,(H,17,20). The van der Waals surface area contributed by atoms with Crippen LogP contribution in [0.2, 0.25) is 0 Å². The van der Waals surface area contributed by atoms with Crippen LogP contribution in [0.3, 0.4) is 0 Å². The van der Waals surface area contributed by atoms with Gasteiger partial charge in [-0.25, -0.2) is 0 Å². The van der Waals surface area contributed by atoms with Gasteiger partial charge in [0.15, 0.2) is 0 Å². The van der Waals surface area contributed by atoms with E-state index in [1.807, 2.05) is 25.1 Å². The molecule has 4 nitrogen and oxygen atoms in total. The lowest BCUT2D eigenvalue weighted by Crippen LogP contribution is -2.33. The molecule has 4 heteroatoms. The van der Waals surface area contributed by atoms with Crippen LogP contribution >= 0.6 is 0 Å². The summed E-state index contributed by atoms with van der Waals surface area (Å²) >= 11 is 0. The highest BCUT2D eigenvalue weighted by Gasteiger charge is 2.36. The van der Waals surface area contributed by atoms with Gasteiger partial charge in [0.25, 0.3) is 5.91 Å². The highest BCUT2D eigenvalue weighted by molar-refractivity contribution is 5.95. The van der Waals surface area contributed by atoms with Crippen LogP contribution in [0.4, 0.5) is 5.69 Å². The maximum atomic E-state index is 11.9. The van der Waals surface area contributed by atoms with Crippen molar-refractivity contribution in [2.24, 2.45) is 0 Å². The molecule has 1 aromatic carbocycles. The SMILES string of the molecule is CCNC(=O)c1cccc(NC2CCN3CCCC23)c1. The Morgan fingerprint density at radius 2 is 2.25 bits per heavy atom. The minimum absolute atomic E-state index is 0.00469. The molecule has 2 aliphatic heterocycles. The summed E-state index contributed by atoms with van der Waals surface area (Å²) in [5.74, 6) is 0.00469. The second-order valence-corrected chi connectivity index (χ2v) is 5.73. The number of rotatable bonds is 4. The first-order chi connectivity index (χ1) is 9.78. The molecule has 2 unspecified atom stereocenters. The molecular formula is C16H23N3O. The summed E-state index contributed by atoms with van der Waals surface area (Å²) < 4.78 is 0. The van der Waals surface area contributed by atoms with Crippen molar-refractivity contribution in [3.05, 3.63) is 29.8 Å². The third-order valence-corrected chi connectivity index (χ3v) is 4.42. The van der Waals surface area contributed by atoms with Crippen LogP contribution in [0.5, 0.6) is 0 Å². The van der Waals surface area contributed by atoms with Crippen LogP contribution in [0.15, 0.2) is 24.3 Å². The van der Waals surface area contributed by atoms with Crippen molar-refractivity contribution in [3.8, 4) is 0 Å². The summed E-state index contributed by atoms with van der Waals surface area (Å²) in [5.41, 5.74) is 1.80. The van der Waals surface area contributed by atoms with E-state index in [1.165, 1.54) is 32.4 Å². The number of hydrogen-bond donors (Lipinski definition) is 2. The second-order valence-electron chi connectivity index (χ2n) is 5.73. The zero-order valence-corrected chi connectivity index (χ0v) is 12.1. The van der Waals surface area contributed by atoms with E-state index in [0.29, 0.717) is 18.6 Å². The third kappa shape index (κ3) is 2.66. The number of carbonyl (C=O) groups excluding carboxylic acids is 1. The lowest BCUT2D eigenvalue weighted by atomic mass is 10.1. The molecule has 2 heterocycles. The number of hydrogen-bond acceptors (Lipinski definition) is 3. The summed E-state index contributed by atoms with van der Waals surface area (Å²) in [4.78, 5) is 14.5. The topological polar surface area (TPSA) is 44.4 Å². The summed E-state index contributed by atoms with van der Waals surface area (Å²) in [7, 11) is 0. The van der Waals surface area contributed by atoms with E-state index >= 15 is 0 Å². The van der Waals surface area contributed by atoms with Crippen molar-refractivity contribution in [1.29, 1.82) is 0 Å². The van der Waals surface area contributed by atoms with Gasteiger partial charge in [-0.05, 0) is 50.9 Å². The predicted molar refractivity (Wildman–Crippen MR) is 81.1 cm³/mol. The van der Waals surface area contributed by atoms with E-state index in [9.17, 15) is 4.79 Å². The smallest absolute Gasteiger partial charge is 0.251 e. The van der Waals surface area contributed by atoms with Gasteiger partial charge in [0.2, 0.25) is 0 Å². The fraction of sp³-hybridized carbons (Fsp3) is 0.562. The first-order valence-electron chi connectivity index (χ1n) is 7.67. The van der Waals surface area contributed by atoms with E-state index in [2.05, 4.69) is 21.6 Å². The van der Waals surface area contributed by atoms with E-state index in [1.54, 1.807) is 0 Å². The molecule has 0 saturated carbocycles. The molecule has 108 valence electrons. The summed E-state index contributed by atoms with van der Waals surface area (Å²) in [6.07, 6.45) is 3.82. The van der Waals surface area contributed by atoms with Gasteiger partial charge in [0.1, 0.15) is 0 Å². The van der Waals surface area contributed by atoms with Crippen LogP contribution in [0.1, 0.15) is 36.5 Å². The Hall–Kier alpha value is -1.55. The number of carbonyl (C=O) groups is 1. The number of nitrogens with one attached hydrogen (secondary N) is 2. The fourth-order valence-electron chi connectivity index (χ4n) is 3.48. The van der Waals surface area contributed by atoms with Crippen LogP contribution in [0.25, 0.3) is 0 Å². The molecule has 0 aliphatic carbocycles. The normalized spacial score (nSPS) is 25.4. The minimum atomic E-state index is 0.00469. The maximum absolute atomic E-state index is 11.9.